The van der Waals surface area contributed by atoms with Crippen molar-refractivity contribution >= 4 is 40.8 Å². The zero-order valence-corrected chi connectivity index (χ0v) is 17.8. The molecule has 0 N–H and O–H groups in total. The lowest BCUT2D eigenvalue weighted by Gasteiger charge is -2.25. The minimum atomic E-state index is -1.06. The Morgan fingerprint density at radius 1 is 1.22 bits per heavy atom. The average Bonchev–Trinajstić information content (AvgIpc) is 2.57. The van der Waals surface area contributed by atoms with Gasteiger partial charge in [-0.25, -0.2) is 0 Å². The van der Waals surface area contributed by atoms with Crippen molar-refractivity contribution in [3.8, 4) is 11.8 Å². The number of halogens is 3. The average molecular weight is 431 g/mol. The molecule has 3 atom stereocenters. The van der Waals surface area contributed by atoms with Crippen LogP contribution in [0.1, 0.15) is 39.4 Å². The molecule has 27 heavy (non-hydrogen) atoms. The highest BCUT2D eigenvalue weighted by Gasteiger charge is 2.31. The molecule has 1 rings (SSSR count). The van der Waals surface area contributed by atoms with Crippen LogP contribution in [0.3, 0.4) is 0 Å². The van der Waals surface area contributed by atoms with E-state index in [4.69, 9.17) is 44.3 Å². The van der Waals surface area contributed by atoms with E-state index in [0.29, 0.717) is 16.3 Å². The fourth-order valence-corrected chi connectivity index (χ4v) is 3.07. The van der Waals surface area contributed by atoms with E-state index < -0.39 is 18.0 Å². The first-order valence-electron chi connectivity index (χ1n) is 8.37. The number of hydrogen-bond donors (Lipinski definition) is 0. The van der Waals surface area contributed by atoms with Crippen LogP contribution in [0.5, 0.6) is 5.75 Å². The molecule has 1 aromatic carbocycles. The number of rotatable bonds is 8. The second-order valence-electron chi connectivity index (χ2n) is 6.43. The summed E-state index contributed by atoms with van der Waals surface area (Å²) >= 11 is 17.0. The molecule has 1 aromatic rings. The number of benzene rings is 1. The van der Waals surface area contributed by atoms with Crippen LogP contribution in [0, 0.1) is 29.1 Å². The van der Waals surface area contributed by atoms with Crippen LogP contribution in [-0.4, -0.2) is 5.97 Å². The predicted molar refractivity (Wildman–Crippen MR) is 108 cm³/mol. The van der Waals surface area contributed by atoms with Gasteiger partial charge in [0.25, 0.3) is 0 Å². The van der Waals surface area contributed by atoms with Gasteiger partial charge in [0.2, 0.25) is 6.10 Å². The van der Waals surface area contributed by atoms with E-state index in [1.807, 2.05) is 32.9 Å². The lowest BCUT2D eigenvalue weighted by molar-refractivity contribution is -0.154. The van der Waals surface area contributed by atoms with E-state index in [-0.39, 0.29) is 16.3 Å². The van der Waals surface area contributed by atoms with E-state index >= 15 is 0 Å². The summed E-state index contributed by atoms with van der Waals surface area (Å²) in [6.45, 7) is 7.51. The first kappa shape index (κ1) is 23.4. The van der Waals surface area contributed by atoms with Gasteiger partial charge in [-0.2, -0.15) is 5.26 Å². The number of nitriles is 1. The maximum Gasteiger partial charge on any atom is 0.311 e. The molecule has 0 aliphatic carbocycles. The molecule has 4 nitrogen and oxygen atoms in total. The molecule has 0 bridgehead atoms. The second-order valence-corrected chi connectivity index (χ2v) is 8.03. The molecule has 0 fully saturated rings. The van der Waals surface area contributed by atoms with Gasteiger partial charge in [-0.15, -0.1) is 0 Å². The molecule has 7 heteroatoms. The summed E-state index contributed by atoms with van der Waals surface area (Å²) in [5.74, 6) is -0.568. The van der Waals surface area contributed by atoms with Crippen LogP contribution < -0.4 is 4.74 Å². The number of carbonyl (C=O) groups excluding carboxylic acids is 1. The fraction of sp³-hybridized carbons (Fsp3) is 0.400. The van der Waals surface area contributed by atoms with E-state index in [2.05, 4.69) is 0 Å². The zero-order valence-electron chi connectivity index (χ0n) is 15.6. The van der Waals surface area contributed by atoms with Crippen LogP contribution >= 0.6 is 34.8 Å². The molecular formula is C20H22Cl3NO3. The van der Waals surface area contributed by atoms with Crippen LogP contribution in [0.4, 0.5) is 0 Å². The SMILES string of the molecule is CC(Cl)=CC(C)C(C(=O)OC(C#N)c1cccc(OC=C(Cl)Cl)c1)C(C)C. The van der Waals surface area contributed by atoms with Crippen molar-refractivity contribution < 1.29 is 14.3 Å². The van der Waals surface area contributed by atoms with Gasteiger partial charge >= 0.3 is 5.97 Å². The van der Waals surface area contributed by atoms with Crippen molar-refractivity contribution in [3.63, 3.8) is 0 Å². The Balaban J connectivity index is 3.01. The Morgan fingerprint density at radius 3 is 2.41 bits per heavy atom. The van der Waals surface area contributed by atoms with E-state index in [9.17, 15) is 10.1 Å². The maximum atomic E-state index is 12.7. The van der Waals surface area contributed by atoms with E-state index in [0.717, 1.165) is 6.26 Å². The molecule has 0 aliphatic heterocycles. The lowest BCUT2D eigenvalue weighted by Crippen LogP contribution is -2.29. The predicted octanol–water partition coefficient (Wildman–Crippen LogP) is 6.50. The Kier molecular flexibility index (Phi) is 9.73. The summed E-state index contributed by atoms with van der Waals surface area (Å²) in [6, 6.07) is 8.62. The number of esters is 1. The van der Waals surface area contributed by atoms with Crippen molar-refractivity contribution in [1.29, 1.82) is 5.26 Å². The lowest BCUT2D eigenvalue weighted by atomic mass is 9.84. The Bertz CT molecular complexity index is 745. The molecule has 0 saturated heterocycles. The Morgan fingerprint density at radius 2 is 1.89 bits per heavy atom. The van der Waals surface area contributed by atoms with Gasteiger partial charge < -0.3 is 9.47 Å². The Labute approximate surface area is 175 Å². The molecular weight excluding hydrogens is 409 g/mol. The number of nitrogens with zero attached hydrogens (tertiary/aromatic N) is 1. The highest BCUT2D eigenvalue weighted by Crippen LogP contribution is 2.29. The summed E-state index contributed by atoms with van der Waals surface area (Å²) in [6.07, 6.45) is 1.91. The van der Waals surface area contributed by atoms with Gasteiger partial charge in [0.05, 0.1) is 5.92 Å². The molecule has 3 unspecified atom stereocenters. The largest absolute Gasteiger partial charge is 0.462 e. The van der Waals surface area contributed by atoms with E-state index in [1.165, 1.54) is 0 Å². The van der Waals surface area contributed by atoms with Crippen molar-refractivity contribution in [2.75, 3.05) is 0 Å². The zero-order chi connectivity index (χ0) is 20.6. The summed E-state index contributed by atoms with van der Waals surface area (Å²) < 4.78 is 10.7. The summed E-state index contributed by atoms with van der Waals surface area (Å²) in [5, 5.41) is 10.1. The van der Waals surface area contributed by atoms with Crippen molar-refractivity contribution in [3.05, 3.63) is 51.7 Å². The van der Waals surface area contributed by atoms with Crippen LogP contribution in [0.15, 0.2) is 46.1 Å². The molecule has 0 saturated carbocycles. The third-order valence-electron chi connectivity index (χ3n) is 3.85. The van der Waals surface area contributed by atoms with Crippen molar-refractivity contribution in [1.82, 2.24) is 0 Å². The quantitative estimate of drug-likeness (QED) is 0.349. The fourth-order valence-electron chi connectivity index (χ4n) is 2.79. The number of carbonyl (C=O) groups is 1. The first-order valence-corrected chi connectivity index (χ1v) is 9.51. The van der Waals surface area contributed by atoms with Gasteiger partial charge in [-0.1, -0.05) is 73.8 Å². The summed E-state index contributed by atoms with van der Waals surface area (Å²) in [4.78, 5) is 12.7. The van der Waals surface area contributed by atoms with Crippen molar-refractivity contribution in [2.45, 2.75) is 33.8 Å². The number of ether oxygens (including phenoxy) is 2. The van der Waals surface area contributed by atoms with Gasteiger partial charge in [0, 0.05) is 10.6 Å². The third-order valence-corrected chi connectivity index (χ3v) is 4.15. The summed E-state index contributed by atoms with van der Waals surface area (Å²) in [5.41, 5.74) is 0.488. The molecule has 146 valence electrons. The van der Waals surface area contributed by atoms with Gasteiger partial charge in [-0.05, 0) is 30.9 Å². The molecule has 0 radical (unpaired) electrons. The second kappa shape index (κ2) is 11.2. The van der Waals surface area contributed by atoms with Gasteiger partial charge in [0.15, 0.2) is 0 Å². The maximum absolute atomic E-state index is 12.7. The van der Waals surface area contributed by atoms with Crippen LogP contribution in [0.2, 0.25) is 0 Å². The molecule has 0 heterocycles. The van der Waals surface area contributed by atoms with Crippen LogP contribution in [-0.2, 0) is 9.53 Å². The molecule has 0 aromatic heterocycles. The number of allylic oxidation sites excluding steroid dienone is 2. The molecule has 0 spiro atoms. The Hall–Kier alpha value is -1.67. The normalized spacial score (nSPS) is 14.7. The van der Waals surface area contributed by atoms with Crippen molar-refractivity contribution in [2.24, 2.45) is 17.8 Å². The molecule has 0 aliphatic rings. The first-order chi connectivity index (χ1) is 12.6. The molecule has 0 amide bonds. The smallest absolute Gasteiger partial charge is 0.311 e. The topological polar surface area (TPSA) is 59.3 Å². The number of hydrogen-bond acceptors (Lipinski definition) is 4. The highest BCUT2D eigenvalue weighted by atomic mass is 35.5. The minimum Gasteiger partial charge on any atom is -0.462 e. The highest BCUT2D eigenvalue weighted by molar-refractivity contribution is 6.55. The van der Waals surface area contributed by atoms with Gasteiger partial charge in [0.1, 0.15) is 22.6 Å². The van der Waals surface area contributed by atoms with Crippen LogP contribution in [0.25, 0.3) is 0 Å². The van der Waals surface area contributed by atoms with E-state index in [1.54, 1.807) is 31.2 Å². The van der Waals surface area contributed by atoms with Gasteiger partial charge in [-0.3, -0.25) is 4.79 Å². The standard InChI is InChI=1S/C20H22Cl3NO3/c1-12(2)19(13(3)8-14(4)21)20(25)27-17(10-24)15-6-5-7-16(9-15)26-11-18(22)23/h5-9,11-13,17,19H,1-4H3. The minimum absolute atomic E-state index is 0.0183. The third kappa shape index (κ3) is 7.84. The monoisotopic (exact) mass is 429 g/mol. The summed E-state index contributed by atoms with van der Waals surface area (Å²) in [7, 11) is 0.